The zero-order valence-electron chi connectivity index (χ0n) is 18.2. The molecule has 2 fully saturated rings. The van der Waals surface area contributed by atoms with E-state index in [4.69, 9.17) is 4.74 Å². The first kappa shape index (κ1) is 24.4. The van der Waals surface area contributed by atoms with Gasteiger partial charge in [0.25, 0.3) is 0 Å². The van der Waals surface area contributed by atoms with Crippen LogP contribution in [-0.2, 0) is 4.74 Å². The predicted octanol–water partition coefficient (Wildman–Crippen LogP) is 2.67. The molecule has 1 N–H and O–H groups in total. The number of aliphatic imine (C=N–C) groups is 1. The summed E-state index contributed by atoms with van der Waals surface area (Å²) >= 11 is 0. The second-order valence-electron chi connectivity index (χ2n) is 7.61. The summed E-state index contributed by atoms with van der Waals surface area (Å²) in [4.78, 5) is 12.1. The Morgan fingerprint density at radius 1 is 1.17 bits per heavy atom. The van der Waals surface area contributed by atoms with E-state index in [1.54, 1.807) is 0 Å². The Kier molecular flexibility index (Phi) is 10.7. The molecule has 7 heteroatoms. The predicted molar refractivity (Wildman–Crippen MR) is 131 cm³/mol. The van der Waals surface area contributed by atoms with Gasteiger partial charge in [0.15, 0.2) is 5.96 Å². The molecule has 0 radical (unpaired) electrons. The molecule has 1 aromatic rings. The first-order chi connectivity index (χ1) is 13.8. The van der Waals surface area contributed by atoms with Crippen LogP contribution in [0.2, 0.25) is 0 Å². The van der Waals surface area contributed by atoms with Crippen molar-refractivity contribution >= 4 is 29.9 Å². The normalized spacial score (nSPS) is 21.9. The van der Waals surface area contributed by atoms with Crippen molar-refractivity contribution in [1.82, 2.24) is 20.0 Å². The van der Waals surface area contributed by atoms with Crippen LogP contribution in [0.25, 0.3) is 0 Å². The van der Waals surface area contributed by atoms with Gasteiger partial charge in [0, 0.05) is 45.8 Å². The van der Waals surface area contributed by atoms with Crippen molar-refractivity contribution in [3.63, 3.8) is 0 Å². The van der Waals surface area contributed by atoms with E-state index >= 15 is 0 Å². The number of ether oxygens (including phenoxy) is 1. The quantitative estimate of drug-likeness (QED) is 0.344. The van der Waals surface area contributed by atoms with Crippen molar-refractivity contribution in [3.05, 3.63) is 35.9 Å². The molecule has 1 aromatic carbocycles. The standard InChI is InChI=1S/C22H37N5O.HI/c1-4-25(5-2)21(19-9-7-6-8-10-19)17-24-22(23-3)27-12-11-20(18-27)26-13-15-28-16-14-26;/h6-10,20-21H,4-5,11-18H2,1-3H3,(H,23,24);1H. The third kappa shape index (κ3) is 6.54. The van der Waals surface area contributed by atoms with Crippen LogP contribution in [0.1, 0.15) is 31.9 Å². The van der Waals surface area contributed by atoms with E-state index in [1.807, 2.05) is 7.05 Å². The lowest BCUT2D eigenvalue weighted by Crippen LogP contribution is -2.48. The fourth-order valence-corrected chi connectivity index (χ4v) is 4.49. The lowest BCUT2D eigenvalue weighted by molar-refractivity contribution is 0.0194. The number of guanidine groups is 1. The zero-order chi connectivity index (χ0) is 19.8. The Bertz CT molecular complexity index is 604. The smallest absolute Gasteiger partial charge is 0.193 e. The Morgan fingerprint density at radius 2 is 1.86 bits per heavy atom. The molecule has 0 aromatic heterocycles. The van der Waals surface area contributed by atoms with Crippen LogP contribution in [0, 0.1) is 0 Å². The number of nitrogens with one attached hydrogen (secondary N) is 1. The van der Waals surface area contributed by atoms with Crippen molar-refractivity contribution < 1.29 is 4.74 Å². The molecule has 2 aliphatic rings. The monoisotopic (exact) mass is 515 g/mol. The molecule has 29 heavy (non-hydrogen) atoms. The molecule has 3 rings (SSSR count). The minimum Gasteiger partial charge on any atom is -0.379 e. The molecule has 0 saturated carbocycles. The summed E-state index contributed by atoms with van der Waals surface area (Å²) in [6, 6.07) is 11.8. The molecule has 2 atom stereocenters. The number of hydrogen-bond donors (Lipinski definition) is 1. The summed E-state index contributed by atoms with van der Waals surface area (Å²) in [7, 11) is 1.90. The molecular formula is C22H38IN5O. The first-order valence-corrected chi connectivity index (χ1v) is 10.8. The van der Waals surface area contributed by atoms with Crippen LogP contribution in [0.4, 0.5) is 0 Å². The highest BCUT2D eigenvalue weighted by atomic mass is 127. The molecular weight excluding hydrogens is 477 g/mol. The fourth-order valence-electron chi connectivity index (χ4n) is 4.49. The average molecular weight is 515 g/mol. The average Bonchev–Trinajstić information content (AvgIpc) is 3.25. The number of benzene rings is 1. The number of nitrogens with zero attached hydrogens (tertiary/aromatic N) is 4. The molecule has 0 amide bonds. The van der Waals surface area contributed by atoms with Crippen LogP contribution in [0.15, 0.2) is 35.3 Å². The van der Waals surface area contributed by atoms with Crippen LogP contribution in [0.5, 0.6) is 0 Å². The third-order valence-electron chi connectivity index (χ3n) is 6.13. The zero-order valence-corrected chi connectivity index (χ0v) is 20.5. The van der Waals surface area contributed by atoms with E-state index in [1.165, 1.54) is 12.0 Å². The number of halogens is 1. The van der Waals surface area contributed by atoms with Gasteiger partial charge in [0.1, 0.15) is 0 Å². The van der Waals surface area contributed by atoms with E-state index in [0.717, 1.165) is 65.0 Å². The van der Waals surface area contributed by atoms with E-state index in [2.05, 4.69) is 69.2 Å². The van der Waals surface area contributed by atoms with Crippen molar-refractivity contribution in [3.8, 4) is 0 Å². The maximum absolute atomic E-state index is 5.51. The summed E-state index contributed by atoms with van der Waals surface area (Å²) in [6.45, 7) is 13.4. The van der Waals surface area contributed by atoms with Gasteiger partial charge in [0.2, 0.25) is 0 Å². The molecule has 0 aliphatic carbocycles. The number of morpholine rings is 1. The van der Waals surface area contributed by atoms with Gasteiger partial charge in [-0.2, -0.15) is 0 Å². The number of likely N-dealkylation sites (N-methyl/N-ethyl adjacent to an activating group) is 1. The molecule has 2 aliphatic heterocycles. The highest BCUT2D eigenvalue weighted by molar-refractivity contribution is 14.0. The fraction of sp³-hybridized carbons (Fsp3) is 0.682. The number of rotatable bonds is 7. The van der Waals surface area contributed by atoms with Gasteiger partial charge >= 0.3 is 0 Å². The van der Waals surface area contributed by atoms with Crippen molar-refractivity contribution in [2.45, 2.75) is 32.4 Å². The Morgan fingerprint density at radius 3 is 2.48 bits per heavy atom. The minimum absolute atomic E-state index is 0. The van der Waals surface area contributed by atoms with Gasteiger partial charge in [-0.1, -0.05) is 44.2 Å². The highest BCUT2D eigenvalue weighted by Gasteiger charge is 2.30. The van der Waals surface area contributed by atoms with Crippen molar-refractivity contribution in [2.24, 2.45) is 4.99 Å². The molecule has 2 heterocycles. The maximum Gasteiger partial charge on any atom is 0.193 e. The van der Waals surface area contributed by atoms with E-state index in [0.29, 0.717) is 12.1 Å². The van der Waals surface area contributed by atoms with Gasteiger partial charge in [-0.3, -0.25) is 14.8 Å². The van der Waals surface area contributed by atoms with E-state index in [-0.39, 0.29) is 24.0 Å². The minimum atomic E-state index is 0. The van der Waals surface area contributed by atoms with Gasteiger partial charge < -0.3 is 15.0 Å². The Hall–Kier alpha value is -0.900. The lowest BCUT2D eigenvalue weighted by Gasteiger charge is -2.33. The Balaban J connectivity index is 0.00000300. The first-order valence-electron chi connectivity index (χ1n) is 10.8. The molecule has 0 spiro atoms. The SMILES string of the molecule is CCN(CC)C(CNC(=NC)N1CCC(N2CCOCC2)C1)c1ccccc1.I. The molecule has 2 saturated heterocycles. The second kappa shape index (κ2) is 12.7. The summed E-state index contributed by atoms with van der Waals surface area (Å²) in [5, 5.41) is 3.67. The molecule has 2 unspecified atom stereocenters. The summed E-state index contributed by atoms with van der Waals surface area (Å²) in [6.07, 6.45) is 1.21. The third-order valence-corrected chi connectivity index (χ3v) is 6.13. The largest absolute Gasteiger partial charge is 0.379 e. The van der Waals surface area contributed by atoms with Crippen LogP contribution >= 0.6 is 24.0 Å². The molecule has 0 bridgehead atoms. The molecule has 6 nitrogen and oxygen atoms in total. The van der Waals surface area contributed by atoms with Gasteiger partial charge in [0.05, 0.1) is 19.3 Å². The van der Waals surface area contributed by atoms with E-state index < -0.39 is 0 Å². The van der Waals surface area contributed by atoms with Crippen molar-refractivity contribution in [2.75, 3.05) is 66.1 Å². The van der Waals surface area contributed by atoms with Crippen LogP contribution in [0.3, 0.4) is 0 Å². The van der Waals surface area contributed by atoms with E-state index in [9.17, 15) is 0 Å². The maximum atomic E-state index is 5.51. The summed E-state index contributed by atoms with van der Waals surface area (Å²) in [5.74, 6) is 1.03. The molecule has 164 valence electrons. The lowest BCUT2D eigenvalue weighted by atomic mass is 10.1. The van der Waals surface area contributed by atoms with Gasteiger partial charge in [-0.25, -0.2) is 0 Å². The highest BCUT2D eigenvalue weighted by Crippen LogP contribution is 2.21. The van der Waals surface area contributed by atoms with Gasteiger partial charge in [-0.05, 0) is 25.1 Å². The number of hydrogen-bond acceptors (Lipinski definition) is 4. The summed E-state index contributed by atoms with van der Waals surface area (Å²) in [5.41, 5.74) is 1.36. The second-order valence-corrected chi connectivity index (χ2v) is 7.61. The van der Waals surface area contributed by atoms with Gasteiger partial charge in [-0.15, -0.1) is 24.0 Å². The van der Waals surface area contributed by atoms with Crippen molar-refractivity contribution in [1.29, 1.82) is 0 Å². The Labute approximate surface area is 193 Å². The topological polar surface area (TPSA) is 43.3 Å². The number of likely N-dealkylation sites (tertiary alicyclic amines) is 1. The van der Waals surface area contributed by atoms with Crippen LogP contribution < -0.4 is 5.32 Å². The summed E-state index contributed by atoms with van der Waals surface area (Å²) < 4.78 is 5.51. The van der Waals surface area contributed by atoms with Crippen LogP contribution in [-0.4, -0.2) is 92.8 Å².